The van der Waals surface area contributed by atoms with E-state index < -0.39 is 0 Å². The van der Waals surface area contributed by atoms with E-state index in [1.165, 1.54) is 0 Å². The first-order valence-electron chi connectivity index (χ1n) is 7.08. The molecule has 0 radical (unpaired) electrons. The molecule has 0 bridgehead atoms. The largest absolute Gasteiger partial charge is 0.484 e. The van der Waals surface area contributed by atoms with Gasteiger partial charge in [-0.25, -0.2) is 9.67 Å². The van der Waals surface area contributed by atoms with Crippen molar-refractivity contribution in [3.63, 3.8) is 0 Å². The van der Waals surface area contributed by atoms with Crippen LogP contribution in [0.1, 0.15) is 25.2 Å². The summed E-state index contributed by atoms with van der Waals surface area (Å²) in [7, 11) is 0. The fourth-order valence-corrected chi connectivity index (χ4v) is 2.28. The second-order valence-electron chi connectivity index (χ2n) is 5.34. The molecule has 0 atom stereocenters. The van der Waals surface area contributed by atoms with Crippen LogP contribution >= 0.6 is 11.6 Å². The van der Waals surface area contributed by atoms with Crippen LogP contribution in [0.2, 0.25) is 5.02 Å². The molecule has 0 unspecified atom stereocenters. The van der Waals surface area contributed by atoms with Crippen molar-refractivity contribution in [1.82, 2.24) is 14.8 Å². The van der Waals surface area contributed by atoms with E-state index in [0.29, 0.717) is 29.8 Å². The summed E-state index contributed by atoms with van der Waals surface area (Å²) in [6.45, 7) is 6.05. The third kappa shape index (κ3) is 4.44. The lowest BCUT2D eigenvalue weighted by Gasteiger charge is -2.11. The van der Waals surface area contributed by atoms with Crippen LogP contribution in [0.3, 0.4) is 0 Å². The molecular formula is C15H21ClN4O. The SMILES string of the molecule is CC(C)Cn1ncnc1COc1ccc(CCN)cc1Cl. The van der Waals surface area contributed by atoms with Crippen LogP contribution in [0, 0.1) is 5.92 Å². The van der Waals surface area contributed by atoms with E-state index in [9.17, 15) is 0 Å². The van der Waals surface area contributed by atoms with Crippen LogP contribution in [0.15, 0.2) is 24.5 Å². The van der Waals surface area contributed by atoms with E-state index in [-0.39, 0.29) is 0 Å². The van der Waals surface area contributed by atoms with Crippen molar-refractivity contribution in [2.24, 2.45) is 11.7 Å². The molecule has 0 amide bonds. The van der Waals surface area contributed by atoms with Crippen molar-refractivity contribution in [2.45, 2.75) is 33.4 Å². The van der Waals surface area contributed by atoms with Crippen LogP contribution in [-0.2, 0) is 19.6 Å². The van der Waals surface area contributed by atoms with Gasteiger partial charge in [-0.15, -0.1) is 0 Å². The Kier molecular flexibility index (Phi) is 5.59. The molecule has 0 aliphatic rings. The number of aromatic nitrogens is 3. The Morgan fingerprint density at radius 2 is 2.19 bits per heavy atom. The molecule has 0 saturated heterocycles. The normalized spacial score (nSPS) is 11.1. The maximum Gasteiger partial charge on any atom is 0.164 e. The molecule has 0 aliphatic carbocycles. The van der Waals surface area contributed by atoms with Gasteiger partial charge in [-0.2, -0.15) is 5.10 Å². The van der Waals surface area contributed by atoms with E-state index in [1.54, 1.807) is 6.33 Å². The monoisotopic (exact) mass is 308 g/mol. The molecule has 114 valence electrons. The number of halogens is 1. The Hall–Kier alpha value is -1.59. The number of hydrogen-bond donors (Lipinski definition) is 1. The fourth-order valence-electron chi connectivity index (χ4n) is 2.02. The van der Waals surface area contributed by atoms with Crippen LogP contribution in [0.25, 0.3) is 0 Å². The molecule has 0 aliphatic heterocycles. The quantitative estimate of drug-likeness (QED) is 0.854. The number of hydrogen-bond acceptors (Lipinski definition) is 4. The smallest absolute Gasteiger partial charge is 0.164 e. The minimum atomic E-state index is 0.350. The van der Waals surface area contributed by atoms with Crippen molar-refractivity contribution in [3.8, 4) is 5.75 Å². The standard InChI is InChI=1S/C15H21ClN4O/c1-11(2)8-20-15(18-10-19-20)9-21-14-4-3-12(5-6-17)7-13(14)16/h3-4,7,10-11H,5-6,8-9,17H2,1-2H3. The average Bonchev–Trinajstić information content (AvgIpc) is 2.85. The van der Waals surface area contributed by atoms with E-state index in [2.05, 4.69) is 23.9 Å². The maximum atomic E-state index is 6.22. The third-order valence-electron chi connectivity index (χ3n) is 3.02. The van der Waals surface area contributed by atoms with Gasteiger partial charge in [-0.1, -0.05) is 31.5 Å². The molecular weight excluding hydrogens is 288 g/mol. The second-order valence-corrected chi connectivity index (χ2v) is 5.75. The molecule has 6 heteroatoms. The van der Waals surface area contributed by atoms with E-state index in [0.717, 1.165) is 24.4 Å². The predicted octanol–water partition coefficient (Wildman–Crippen LogP) is 2.67. The summed E-state index contributed by atoms with van der Waals surface area (Å²) in [5, 5.41) is 4.80. The van der Waals surface area contributed by atoms with Gasteiger partial charge in [-0.3, -0.25) is 0 Å². The molecule has 1 heterocycles. The first-order chi connectivity index (χ1) is 10.1. The maximum absolute atomic E-state index is 6.22. The lowest BCUT2D eigenvalue weighted by molar-refractivity contribution is 0.282. The molecule has 0 spiro atoms. The summed E-state index contributed by atoms with van der Waals surface area (Å²) in [5.74, 6) is 1.95. The molecule has 1 aromatic carbocycles. The van der Waals surface area contributed by atoms with Crippen LogP contribution in [0.5, 0.6) is 5.75 Å². The number of nitrogens with two attached hydrogens (primary N) is 1. The summed E-state index contributed by atoms with van der Waals surface area (Å²) in [6, 6.07) is 5.74. The zero-order valence-electron chi connectivity index (χ0n) is 12.4. The van der Waals surface area contributed by atoms with E-state index >= 15 is 0 Å². The van der Waals surface area contributed by atoms with Gasteiger partial charge in [-0.05, 0) is 36.6 Å². The van der Waals surface area contributed by atoms with E-state index in [1.807, 2.05) is 22.9 Å². The van der Waals surface area contributed by atoms with Crippen LogP contribution < -0.4 is 10.5 Å². The highest BCUT2D eigenvalue weighted by Crippen LogP contribution is 2.26. The van der Waals surface area contributed by atoms with Crippen LogP contribution in [-0.4, -0.2) is 21.3 Å². The minimum absolute atomic E-state index is 0.350. The summed E-state index contributed by atoms with van der Waals surface area (Å²) < 4.78 is 7.61. The lowest BCUT2D eigenvalue weighted by atomic mass is 10.1. The van der Waals surface area contributed by atoms with Gasteiger partial charge in [0.1, 0.15) is 18.7 Å². The Bertz CT molecular complexity index is 583. The predicted molar refractivity (Wildman–Crippen MR) is 83.4 cm³/mol. The van der Waals surface area contributed by atoms with Gasteiger partial charge in [0.25, 0.3) is 0 Å². The van der Waals surface area contributed by atoms with Crippen molar-refractivity contribution < 1.29 is 4.74 Å². The van der Waals surface area contributed by atoms with Gasteiger partial charge in [0.2, 0.25) is 0 Å². The summed E-state index contributed by atoms with van der Waals surface area (Å²) in [6.07, 6.45) is 2.36. The lowest BCUT2D eigenvalue weighted by Crippen LogP contribution is -2.12. The topological polar surface area (TPSA) is 66.0 Å². The fraction of sp³-hybridized carbons (Fsp3) is 0.467. The molecule has 0 saturated carbocycles. The number of benzene rings is 1. The zero-order valence-corrected chi connectivity index (χ0v) is 13.2. The Balaban J connectivity index is 2.01. The number of nitrogens with zero attached hydrogens (tertiary/aromatic N) is 3. The van der Waals surface area contributed by atoms with Crippen molar-refractivity contribution >= 4 is 11.6 Å². The second kappa shape index (κ2) is 7.43. The molecule has 2 rings (SSSR count). The molecule has 5 nitrogen and oxygen atoms in total. The highest BCUT2D eigenvalue weighted by Gasteiger charge is 2.09. The molecule has 2 aromatic rings. The van der Waals surface area contributed by atoms with Crippen molar-refractivity contribution in [2.75, 3.05) is 6.54 Å². The highest BCUT2D eigenvalue weighted by atomic mass is 35.5. The molecule has 2 N–H and O–H groups in total. The molecule has 21 heavy (non-hydrogen) atoms. The molecule has 0 fully saturated rings. The van der Waals surface area contributed by atoms with Crippen molar-refractivity contribution in [1.29, 1.82) is 0 Å². The summed E-state index contributed by atoms with van der Waals surface area (Å²) in [5.41, 5.74) is 6.64. The molecule has 1 aromatic heterocycles. The first kappa shape index (κ1) is 15.8. The zero-order chi connectivity index (χ0) is 15.2. The van der Waals surface area contributed by atoms with Crippen molar-refractivity contribution in [3.05, 3.63) is 40.9 Å². The number of ether oxygens (including phenoxy) is 1. The summed E-state index contributed by atoms with van der Waals surface area (Å²) >= 11 is 6.22. The summed E-state index contributed by atoms with van der Waals surface area (Å²) in [4.78, 5) is 4.23. The first-order valence-corrected chi connectivity index (χ1v) is 7.46. The number of rotatable bonds is 7. The van der Waals surface area contributed by atoms with Gasteiger partial charge in [0.15, 0.2) is 5.82 Å². The Morgan fingerprint density at radius 3 is 2.86 bits per heavy atom. The average molecular weight is 309 g/mol. The van der Waals surface area contributed by atoms with Gasteiger partial charge in [0.05, 0.1) is 5.02 Å². The Morgan fingerprint density at radius 1 is 1.38 bits per heavy atom. The highest BCUT2D eigenvalue weighted by molar-refractivity contribution is 6.32. The van der Waals surface area contributed by atoms with Crippen LogP contribution in [0.4, 0.5) is 0 Å². The third-order valence-corrected chi connectivity index (χ3v) is 3.32. The Labute approximate surface area is 130 Å². The van der Waals surface area contributed by atoms with Gasteiger partial charge in [0, 0.05) is 6.54 Å². The van der Waals surface area contributed by atoms with Gasteiger partial charge >= 0.3 is 0 Å². The van der Waals surface area contributed by atoms with Gasteiger partial charge < -0.3 is 10.5 Å². The van der Waals surface area contributed by atoms with E-state index in [4.69, 9.17) is 22.1 Å². The minimum Gasteiger partial charge on any atom is -0.484 e.